The Hall–Kier alpha value is -1.68. The van der Waals surface area contributed by atoms with E-state index < -0.39 is 0 Å². The van der Waals surface area contributed by atoms with Crippen molar-refractivity contribution < 1.29 is 9.84 Å². The maximum Gasteiger partial charge on any atom is 0.0952 e. The number of aliphatic hydroxyl groups excluding tert-OH is 1. The van der Waals surface area contributed by atoms with Gasteiger partial charge in [0.05, 0.1) is 19.3 Å². The Kier molecular flexibility index (Phi) is 4.65. The second kappa shape index (κ2) is 6.85. The SMILES string of the molecule is OCc1ccc(CN2CCOC(c3ccccc3)C2)cc1. The van der Waals surface area contributed by atoms with E-state index in [1.165, 1.54) is 11.1 Å². The third kappa shape index (κ3) is 3.70. The molecule has 2 aromatic rings. The predicted octanol–water partition coefficient (Wildman–Crippen LogP) is 2.75. The van der Waals surface area contributed by atoms with Crippen LogP contribution >= 0.6 is 0 Å². The summed E-state index contributed by atoms with van der Waals surface area (Å²) in [5.41, 5.74) is 3.49. The molecule has 0 aliphatic carbocycles. The number of aliphatic hydroxyl groups is 1. The molecule has 1 fully saturated rings. The van der Waals surface area contributed by atoms with Crippen molar-refractivity contribution in [3.8, 4) is 0 Å². The molecule has 21 heavy (non-hydrogen) atoms. The van der Waals surface area contributed by atoms with Crippen molar-refractivity contribution >= 4 is 0 Å². The zero-order valence-corrected chi connectivity index (χ0v) is 12.1. The summed E-state index contributed by atoms with van der Waals surface area (Å²) in [6.07, 6.45) is 0.164. The largest absolute Gasteiger partial charge is 0.392 e. The zero-order valence-electron chi connectivity index (χ0n) is 12.1. The van der Waals surface area contributed by atoms with Crippen molar-refractivity contribution in [2.75, 3.05) is 19.7 Å². The molecule has 0 amide bonds. The van der Waals surface area contributed by atoms with Gasteiger partial charge in [-0.2, -0.15) is 0 Å². The van der Waals surface area contributed by atoms with E-state index >= 15 is 0 Å². The van der Waals surface area contributed by atoms with Gasteiger partial charge in [-0.3, -0.25) is 4.90 Å². The molecule has 3 nitrogen and oxygen atoms in total. The van der Waals surface area contributed by atoms with Crippen molar-refractivity contribution in [2.45, 2.75) is 19.3 Å². The molecule has 1 aliphatic rings. The average molecular weight is 283 g/mol. The van der Waals surface area contributed by atoms with Crippen LogP contribution in [0.5, 0.6) is 0 Å². The van der Waals surface area contributed by atoms with Crippen LogP contribution in [0.3, 0.4) is 0 Å². The first-order valence-electron chi connectivity index (χ1n) is 7.43. The first-order valence-corrected chi connectivity index (χ1v) is 7.43. The van der Waals surface area contributed by atoms with E-state index in [1.54, 1.807) is 0 Å². The van der Waals surface area contributed by atoms with Crippen LogP contribution in [0.1, 0.15) is 22.8 Å². The zero-order chi connectivity index (χ0) is 14.5. The third-order valence-electron chi connectivity index (χ3n) is 3.93. The quantitative estimate of drug-likeness (QED) is 0.936. The highest BCUT2D eigenvalue weighted by molar-refractivity contribution is 5.22. The minimum Gasteiger partial charge on any atom is -0.392 e. The summed E-state index contributed by atoms with van der Waals surface area (Å²) in [4.78, 5) is 2.43. The number of benzene rings is 2. The Morgan fingerprint density at radius 3 is 2.43 bits per heavy atom. The number of morpholine rings is 1. The van der Waals surface area contributed by atoms with Gasteiger partial charge >= 0.3 is 0 Å². The molecule has 1 unspecified atom stereocenters. The van der Waals surface area contributed by atoms with Crippen LogP contribution in [-0.2, 0) is 17.9 Å². The van der Waals surface area contributed by atoms with Gasteiger partial charge in [0.2, 0.25) is 0 Å². The molecule has 0 saturated carbocycles. The molecule has 0 bridgehead atoms. The van der Waals surface area contributed by atoms with Gasteiger partial charge in [0.1, 0.15) is 0 Å². The molecule has 1 aliphatic heterocycles. The van der Waals surface area contributed by atoms with Gasteiger partial charge in [0.15, 0.2) is 0 Å². The molecule has 3 heteroatoms. The first kappa shape index (κ1) is 14.3. The number of nitrogens with zero attached hydrogens (tertiary/aromatic N) is 1. The van der Waals surface area contributed by atoms with Gasteiger partial charge in [-0.25, -0.2) is 0 Å². The van der Waals surface area contributed by atoms with E-state index in [9.17, 15) is 0 Å². The lowest BCUT2D eigenvalue weighted by Gasteiger charge is -2.33. The Morgan fingerprint density at radius 2 is 1.71 bits per heavy atom. The number of hydrogen-bond donors (Lipinski definition) is 1. The van der Waals surface area contributed by atoms with Crippen molar-refractivity contribution in [3.05, 3.63) is 71.3 Å². The van der Waals surface area contributed by atoms with Crippen LogP contribution in [0.2, 0.25) is 0 Å². The van der Waals surface area contributed by atoms with E-state index in [4.69, 9.17) is 9.84 Å². The molecular weight excluding hydrogens is 262 g/mol. The summed E-state index contributed by atoms with van der Waals surface area (Å²) in [6.45, 7) is 3.69. The van der Waals surface area contributed by atoms with Gasteiger partial charge in [-0.05, 0) is 16.7 Å². The maximum atomic E-state index is 9.08. The van der Waals surface area contributed by atoms with Crippen LogP contribution in [0.25, 0.3) is 0 Å². The summed E-state index contributed by atoms with van der Waals surface area (Å²) >= 11 is 0. The summed E-state index contributed by atoms with van der Waals surface area (Å²) in [6, 6.07) is 18.6. The van der Waals surface area contributed by atoms with E-state index in [1.807, 2.05) is 18.2 Å². The Bertz CT molecular complexity index is 553. The molecule has 0 spiro atoms. The van der Waals surface area contributed by atoms with Crippen LogP contribution < -0.4 is 0 Å². The lowest BCUT2D eigenvalue weighted by molar-refractivity contribution is -0.0329. The van der Waals surface area contributed by atoms with Crippen molar-refractivity contribution in [1.82, 2.24) is 4.90 Å². The number of ether oxygens (including phenoxy) is 1. The molecule has 0 radical (unpaired) electrons. The fraction of sp³-hybridized carbons (Fsp3) is 0.333. The summed E-state index contributed by atoms with van der Waals surface area (Å²) in [5.74, 6) is 0. The van der Waals surface area contributed by atoms with Crippen LogP contribution in [0, 0.1) is 0 Å². The van der Waals surface area contributed by atoms with Gasteiger partial charge in [0, 0.05) is 19.6 Å². The predicted molar refractivity (Wildman–Crippen MR) is 82.8 cm³/mol. The fourth-order valence-electron chi connectivity index (χ4n) is 2.72. The third-order valence-corrected chi connectivity index (χ3v) is 3.93. The lowest BCUT2D eigenvalue weighted by Crippen LogP contribution is -2.37. The Labute approximate surface area is 125 Å². The Morgan fingerprint density at radius 1 is 1.00 bits per heavy atom. The average Bonchev–Trinajstić information content (AvgIpc) is 2.57. The normalized spacial score (nSPS) is 19.6. The van der Waals surface area contributed by atoms with Gasteiger partial charge in [0.25, 0.3) is 0 Å². The van der Waals surface area contributed by atoms with Crippen molar-refractivity contribution in [2.24, 2.45) is 0 Å². The number of hydrogen-bond acceptors (Lipinski definition) is 3. The molecule has 1 saturated heterocycles. The van der Waals surface area contributed by atoms with E-state index in [0.29, 0.717) is 0 Å². The maximum absolute atomic E-state index is 9.08. The minimum absolute atomic E-state index is 0.105. The van der Waals surface area contributed by atoms with Crippen LogP contribution in [0.4, 0.5) is 0 Å². The molecule has 1 N–H and O–H groups in total. The molecule has 1 atom stereocenters. The van der Waals surface area contributed by atoms with Gasteiger partial charge < -0.3 is 9.84 Å². The summed E-state index contributed by atoms with van der Waals surface area (Å²) in [5, 5.41) is 9.08. The minimum atomic E-state index is 0.105. The molecule has 110 valence electrons. The molecular formula is C18H21NO2. The fourth-order valence-corrected chi connectivity index (χ4v) is 2.72. The highest BCUT2D eigenvalue weighted by Crippen LogP contribution is 2.23. The second-order valence-electron chi connectivity index (χ2n) is 5.48. The molecule has 1 heterocycles. The Balaban J connectivity index is 1.63. The number of rotatable bonds is 4. The smallest absolute Gasteiger partial charge is 0.0952 e. The second-order valence-corrected chi connectivity index (χ2v) is 5.48. The topological polar surface area (TPSA) is 32.7 Å². The van der Waals surface area contributed by atoms with Crippen molar-refractivity contribution in [1.29, 1.82) is 0 Å². The molecule has 2 aromatic carbocycles. The van der Waals surface area contributed by atoms with Gasteiger partial charge in [-0.1, -0.05) is 54.6 Å². The van der Waals surface area contributed by atoms with E-state index in [0.717, 1.165) is 31.8 Å². The lowest BCUT2D eigenvalue weighted by atomic mass is 10.1. The summed E-state index contributed by atoms with van der Waals surface area (Å²) in [7, 11) is 0. The van der Waals surface area contributed by atoms with Crippen LogP contribution in [-0.4, -0.2) is 29.7 Å². The monoisotopic (exact) mass is 283 g/mol. The molecule has 0 aromatic heterocycles. The molecule has 3 rings (SSSR count). The summed E-state index contributed by atoms with van der Waals surface area (Å²) < 4.78 is 5.89. The first-order chi connectivity index (χ1) is 10.3. The van der Waals surface area contributed by atoms with E-state index in [2.05, 4.69) is 41.3 Å². The standard InChI is InChI=1S/C18H21NO2/c20-14-16-8-6-15(7-9-16)12-19-10-11-21-18(13-19)17-4-2-1-3-5-17/h1-9,18,20H,10-14H2. The highest BCUT2D eigenvalue weighted by Gasteiger charge is 2.21. The van der Waals surface area contributed by atoms with Crippen molar-refractivity contribution in [3.63, 3.8) is 0 Å². The van der Waals surface area contributed by atoms with Gasteiger partial charge in [-0.15, -0.1) is 0 Å². The van der Waals surface area contributed by atoms with Crippen LogP contribution in [0.15, 0.2) is 54.6 Å². The van der Waals surface area contributed by atoms with E-state index in [-0.39, 0.29) is 12.7 Å². The highest BCUT2D eigenvalue weighted by atomic mass is 16.5.